The van der Waals surface area contributed by atoms with Gasteiger partial charge in [-0.1, -0.05) is 6.07 Å². The van der Waals surface area contributed by atoms with E-state index in [1.54, 1.807) is 13.0 Å². The van der Waals surface area contributed by atoms with Gasteiger partial charge >= 0.3 is 5.97 Å². The Kier molecular flexibility index (Phi) is 3.44. The molecule has 0 bridgehead atoms. The van der Waals surface area contributed by atoms with E-state index >= 15 is 0 Å². The second-order valence-corrected chi connectivity index (χ2v) is 3.58. The summed E-state index contributed by atoms with van der Waals surface area (Å²) in [5.74, 6) is -0.988. The molecule has 15 heavy (non-hydrogen) atoms. The molecule has 0 saturated carbocycles. The minimum atomic E-state index is -0.988. The Morgan fingerprint density at radius 3 is 2.47 bits per heavy atom. The maximum atomic E-state index is 10.9. The third kappa shape index (κ3) is 2.34. The highest BCUT2D eigenvalue weighted by Crippen LogP contribution is 2.21. The van der Waals surface area contributed by atoms with Crippen molar-refractivity contribution < 1.29 is 15.0 Å². The van der Waals surface area contributed by atoms with Crippen LogP contribution in [0.1, 0.15) is 33.2 Å². The van der Waals surface area contributed by atoms with Crippen LogP contribution in [0, 0.1) is 13.8 Å². The minimum absolute atomic E-state index is 0.0863. The van der Waals surface area contributed by atoms with Gasteiger partial charge in [-0.2, -0.15) is 0 Å². The zero-order chi connectivity index (χ0) is 11.6. The molecular weight excluding hydrogens is 194 g/mol. The van der Waals surface area contributed by atoms with Crippen molar-refractivity contribution in [1.82, 2.24) is 0 Å². The molecule has 0 radical (unpaired) electrons. The Labute approximate surface area is 88.3 Å². The normalized spacial score (nSPS) is 12.5. The van der Waals surface area contributed by atoms with Crippen LogP contribution in [0.2, 0.25) is 0 Å². The molecule has 0 aliphatic heterocycles. The third-order valence-corrected chi connectivity index (χ3v) is 2.43. The number of aromatic carboxylic acids is 1. The topological polar surface area (TPSA) is 83.5 Å². The molecule has 82 valence electrons. The fourth-order valence-electron chi connectivity index (χ4n) is 1.59. The smallest absolute Gasteiger partial charge is 0.335 e. The van der Waals surface area contributed by atoms with E-state index in [0.29, 0.717) is 11.1 Å². The number of rotatable bonds is 3. The molecule has 0 spiro atoms. The standard InChI is InChI=1S/C11H15NO3/c1-6-3-7(2)9(11(14)15)4-8(6)10(13)5-12/h3-4,10,13H,5,12H2,1-2H3,(H,14,15). The summed E-state index contributed by atoms with van der Waals surface area (Å²) in [5.41, 5.74) is 7.68. The van der Waals surface area contributed by atoms with Gasteiger partial charge in [0.25, 0.3) is 0 Å². The Balaban J connectivity index is 3.29. The SMILES string of the molecule is Cc1cc(C)c(C(O)CN)cc1C(=O)O. The third-order valence-electron chi connectivity index (χ3n) is 2.43. The van der Waals surface area contributed by atoms with E-state index in [1.165, 1.54) is 6.07 Å². The molecule has 0 aromatic heterocycles. The first-order chi connectivity index (χ1) is 6.97. The monoisotopic (exact) mass is 209 g/mol. The lowest BCUT2D eigenvalue weighted by molar-refractivity contribution is 0.0695. The Morgan fingerprint density at radius 1 is 1.40 bits per heavy atom. The number of carbonyl (C=O) groups is 1. The number of nitrogens with two attached hydrogens (primary N) is 1. The molecule has 0 heterocycles. The van der Waals surface area contributed by atoms with Gasteiger partial charge in [0.15, 0.2) is 0 Å². The second-order valence-electron chi connectivity index (χ2n) is 3.58. The van der Waals surface area contributed by atoms with E-state index in [-0.39, 0.29) is 12.1 Å². The molecule has 0 saturated heterocycles. The van der Waals surface area contributed by atoms with Gasteiger partial charge < -0.3 is 15.9 Å². The molecule has 0 aliphatic carbocycles. The van der Waals surface area contributed by atoms with Crippen LogP contribution in [0.5, 0.6) is 0 Å². The summed E-state index contributed by atoms with van der Waals surface area (Å²) >= 11 is 0. The first-order valence-electron chi connectivity index (χ1n) is 4.70. The van der Waals surface area contributed by atoms with Gasteiger partial charge in [-0.25, -0.2) is 4.79 Å². The number of aliphatic hydroxyl groups excluding tert-OH is 1. The van der Waals surface area contributed by atoms with Crippen LogP contribution < -0.4 is 5.73 Å². The van der Waals surface area contributed by atoms with Gasteiger partial charge in [0, 0.05) is 6.54 Å². The van der Waals surface area contributed by atoms with Crippen LogP contribution in [-0.2, 0) is 0 Å². The summed E-state index contributed by atoms with van der Waals surface area (Å²) in [5, 5.41) is 18.5. The summed E-state index contributed by atoms with van der Waals surface area (Å²) in [6.45, 7) is 3.64. The molecule has 0 amide bonds. The van der Waals surface area contributed by atoms with E-state index in [4.69, 9.17) is 10.8 Å². The van der Waals surface area contributed by atoms with E-state index < -0.39 is 12.1 Å². The van der Waals surface area contributed by atoms with Crippen molar-refractivity contribution in [3.05, 3.63) is 34.4 Å². The van der Waals surface area contributed by atoms with E-state index in [2.05, 4.69) is 0 Å². The van der Waals surface area contributed by atoms with Crippen molar-refractivity contribution in [2.45, 2.75) is 20.0 Å². The van der Waals surface area contributed by atoms with Crippen molar-refractivity contribution in [1.29, 1.82) is 0 Å². The van der Waals surface area contributed by atoms with Crippen LogP contribution in [0.4, 0.5) is 0 Å². The predicted octanol–water partition coefficient (Wildman–Crippen LogP) is 0.994. The van der Waals surface area contributed by atoms with Crippen LogP contribution in [0.25, 0.3) is 0 Å². The number of carboxylic acid groups (broad SMARTS) is 1. The largest absolute Gasteiger partial charge is 0.478 e. The summed E-state index contributed by atoms with van der Waals surface area (Å²) < 4.78 is 0. The van der Waals surface area contributed by atoms with Crippen LogP contribution in [0.3, 0.4) is 0 Å². The molecule has 4 nitrogen and oxygen atoms in total. The lowest BCUT2D eigenvalue weighted by Gasteiger charge is -2.14. The van der Waals surface area contributed by atoms with Gasteiger partial charge in [0.2, 0.25) is 0 Å². The van der Waals surface area contributed by atoms with Gasteiger partial charge in [-0.05, 0) is 36.6 Å². The van der Waals surface area contributed by atoms with Crippen molar-refractivity contribution in [3.63, 3.8) is 0 Å². The Morgan fingerprint density at radius 2 is 2.00 bits per heavy atom. The maximum Gasteiger partial charge on any atom is 0.335 e. The number of aryl methyl sites for hydroxylation is 2. The van der Waals surface area contributed by atoms with Crippen LogP contribution >= 0.6 is 0 Å². The number of aliphatic hydroxyl groups is 1. The molecule has 0 fully saturated rings. The molecule has 1 aromatic rings. The fraction of sp³-hybridized carbons (Fsp3) is 0.364. The first-order valence-corrected chi connectivity index (χ1v) is 4.70. The summed E-state index contributed by atoms with van der Waals surface area (Å²) in [4.78, 5) is 10.9. The van der Waals surface area contributed by atoms with Crippen LogP contribution in [0.15, 0.2) is 12.1 Å². The molecule has 4 heteroatoms. The molecule has 1 unspecified atom stereocenters. The number of benzene rings is 1. The van der Waals surface area contributed by atoms with Crippen molar-refractivity contribution >= 4 is 5.97 Å². The number of hydrogen-bond donors (Lipinski definition) is 3. The van der Waals surface area contributed by atoms with Gasteiger partial charge in [0.1, 0.15) is 0 Å². The summed E-state index contributed by atoms with van der Waals surface area (Å²) in [6.07, 6.45) is -0.802. The fourth-order valence-corrected chi connectivity index (χ4v) is 1.59. The number of hydrogen-bond acceptors (Lipinski definition) is 3. The molecular formula is C11H15NO3. The zero-order valence-corrected chi connectivity index (χ0v) is 8.82. The lowest BCUT2D eigenvalue weighted by Crippen LogP contribution is -2.14. The summed E-state index contributed by atoms with van der Waals surface area (Å²) in [6, 6.07) is 3.24. The van der Waals surface area contributed by atoms with Gasteiger partial charge in [0.05, 0.1) is 11.7 Å². The van der Waals surface area contributed by atoms with E-state index in [9.17, 15) is 9.90 Å². The summed E-state index contributed by atoms with van der Waals surface area (Å²) in [7, 11) is 0. The average molecular weight is 209 g/mol. The van der Waals surface area contributed by atoms with Gasteiger partial charge in [-0.3, -0.25) is 0 Å². The second kappa shape index (κ2) is 4.42. The molecule has 1 atom stereocenters. The average Bonchev–Trinajstić information content (AvgIpc) is 2.16. The van der Waals surface area contributed by atoms with Crippen molar-refractivity contribution in [2.75, 3.05) is 6.54 Å². The highest BCUT2D eigenvalue weighted by Gasteiger charge is 2.14. The highest BCUT2D eigenvalue weighted by atomic mass is 16.4. The Hall–Kier alpha value is -1.39. The maximum absolute atomic E-state index is 10.9. The molecule has 0 aliphatic rings. The van der Waals surface area contributed by atoms with Crippen molar-refractivity contribution in [2.24, 2.45) is 5.73 Å². The first kappa shape index (κ1) is 11.7. The lowest BCUT2D eigenvalue weighted by atomic mass is 9.96. The minimum Gasteiger partial charge on any atom is -0.478 e. The quantitative estimate of drug-likeness (QED) is 0.693. The molecule has 1 rings (SSSR count). The van der Waals surface area contributed by atoms with E-state index in [0.717, 1.165) is 5.56 Å². The molecule has 4 N–H and O–H groups in total. The van der Waals surface area contributed by atoms with Crippen molar-refractivity contribution in [3.8, 4) is 0 Å². The molecule has 1 aromatic carbocycles. The van der Waals surface area contributed by atoms with Gasteiger partial charge in [-0.15, -0.1) is 0 Å². The zero-order valence-electron chi connectivity index (χ0n) is 8.82. The highest BCUT2D eigenvalue weighted by molar-refractivity contribution is 5.89. The predicted molar refractivity (Wildman–Crippen MR) is 56.9 cm³/mol. The van der Waals surface area contributed by atoms with Crippen LogP contribution in [-0.4, -0.2) is 22.7 Å². The Bertz CT molecular complexity index is 388. The van der Waals surface area contributed by atoms with E-state index in [1.807, 2.05) is 6.92 Å². The number of carboxylic acids is 1.